The summed E-state index contributed by atoms with van der Waals surface area (Å²) in [5.74, 6) is -0.151. The summed E-state index contributed by atoms with van der Waals surface area (Å²) in [6, 6.07) is 9.59. The lowest BCUT2D eigenvalue weighted by Gasteiger charge is -2.04. The Morgan fingerprint density at radius 2 is 2.14 bits per heavy atom. The topological polar surface area (TPSA) is 75.4 Å². The number of aliphatic carboxylic acids is 1. The van der Waals surface area contributed by atoms with E-state index in [0.717, 1.165) is 26.5 Å². The van der Waals surface area contributed by atoms with E-state index in [0.29, 0.717) is 12.4 Å². The fourth-order valence-corrected chi connectivity index (χ4v) is 3.05. The molecule has 0 aliphatic heterocycles. The second kappa shape index (κ2) is 5.57. The molecule has 0 spiro atoms. The molecule has 0 unspecified atom stereocenters. The van der Waals surface area contributed by atoms with Gasteiger partial charge in [-0.1, -0.05) is 0 Å². The molecule has 0 radical (unpaired) electrons. The second-order valence-electron chi connectivity index (χ2n) is 4.71. The van der Waals surface area contributed by atoms with Crippen LogP contribution in [0.2, 0.25) is 0 Å². The summed E-state index contributed by atoms with van der Waals surface area (Å²) in [6.45, 7) is 2.48. The second-order valence-corrected chi connectivity index (χ2v) is 5.96. The van der Waals surface area contributed by atoms with Gasteiger partial charge in [0, 0.05) is 28.9 Å². The van der Waals surface area contributed by atoms with Gasteiger partial charge >= 0.3 is 5.97 Å². The van der Waals surface area contributed by atoms with Gasteiger partial charge in [-0.05, 0) is 30.3 Å². The van der Waals surface area contributed by atoms with E-state index in [9.17, 15) is 4.79 Å². The van der Waals surface area contributed by atoms with Crippen LogP contribution >= 0.6 is 11.3 Å². The zero-order valence-electron chi connectivity index (χ0n) is 11.4. The molecule has 0 amide bonds. The van der Waals surface area contributed by atoms with E-state index in [-0.39, 0.29) is 6.42 Å². The zero-order chi connectivity index (χ0) is 14.8. The highest BCUT2D eigenvalue weighted by Gasteiger charge is 2.06. The third-order valence-electron chi connectivity index (χ3n) is 3.00. The van der Waals surface area contributed by atoms with Gasteiger partial charge in [-0.25, -0.2) is 4.98 Å². The van der Waals surface area contributed by atoms with Crippen LogP contribution in [0.1, 0.15) is 15.6 Å². The number of aryl methyl sites for hydroxylation is 1. The van der Waals surface area contributed by atoms with Gasteiger partial charge < -0.3 is 14.8 Å². The molecule has 21 heavy (non-hydrogen) atoms. The summed E-state index contributed by atoms with van der Waals surface area (Å²) in [5, 5.41) is 12.1. The number of rotatable bonds is 5. The Morgan fingerprint density at radius 1 is 1.33 bits per heavy atom. The molecule has 0 aliphatic rings. The molecule has 0 bridgehead atoms. The number of anilines is 1. The Kier molecular flexibility index (Phi) is 3.62. The third-order valence-corrected chi connectivity index (χ3v) is 4.09. The van der Waals surface area contributed by atoms with Gasteiger partial charge in [0.25, 0.3) is 0 Å². The van der Waals surface area contributed by atoms with Crippen molar-refractivity contribution in [3.05, 3.63) is 46.0 Å². The summed E-state index contributed by atoms with van der Waals surface area (Å²) >= 11 is 1.51. The van der Waals surface area contributed by atoms with Gasteiger partial charge in [-0.2, -0.15) is 0 Å². The molecule has 3 aromatic rings. The highest BCUT2D eigenvalue weighted by molar-refractivity contribution is 7.12. The summed E-state index contributed by atoms with van der Waals surface area (Å²) < 4.78 is 5.43. The number of hydrogen-bond acceptors (Lipinski definition) is 5. The van der Waals surface area contributed by atoms with Crippen molar-refractivity contribution in [2.75, 3.05) is 5.32 Å². The van der Waals surface area contributed by atoms with Crippen LogP contribution in [0, 0.1) is 6.92 Å². The van der Waals surface area contributed by atoms with Gasteiger partial charge in [-0.15, -0.1) is 11.3 Å². The smallest absolute Gasteiger partial charge is 0.308 e. The SMILES string of the molecule is Cc1nc2cc(NCc3ccc(CC(=O)O)s3)ccc2o1. The van der Waals surface area contributed by atoms with E-state index < -0.39 is 5.97 Å². The number of fused-ring (bicyclic) bond motifs is 1. The number of carboxylic acids is 1. The van der Waals surface area contributed by atoms with Crippen molar-refractivity contribution in [1.29, 1.82) is 0 Å². The summed E-state index contributed by atoms with van der Waals surface area (Å²) in [4.78, 5) is 16.9. The standard InChI is InChI=1S/C15H14N2O3S/c1-9-17-13-6-10(2-5-14(13)20-9)16-8-12-4-3-11(21-12)7-15(18)19/h2-6,16H,7-8H2,1H3,(H,18,19). The Morgan fingerprint density at radius 3 is 2.95 bits per heavy atom. The maximum absolute atomic E-state index is 10.7. The minimum Gasteiger partial charge on any atom is -0.481 e. The summed E-state index contributed by atoms with van der Waals surface area (Å²) in [6.07, 6.45) is 0.0782. The van der Waals surface area contributed by atoms with Crippen molar-refractivity contribution in [3.8, 4) is 0 Å². The van der Waals surface area contributed by atoms with E-state index >= 15 is 0 Å². The lowest BCUT2D eigenvalue weighted by Crippen LogP contribution is -1.98. The third kappa shape index (κ3) is 3.22. The van der Waals surface area contributed by atoms with Crippen molar-refractivity contribution in [2.24, 2.45) is 0 Å². The molecule has 0 aliphatic carbocycles. The van der Waals surface area contributed by atoms with Gasteiger partial charge in [0.2, 0.25) is 0 Å². The normalized spacial score (nSPS) is 10.9. The van der Waals surface area contributed by atoms with Crippen LogP contribution in [-0.2, 0) is 17.8 Å². The van der Waals surface area contributed by atoms with Gasteiger partial charge in [0.1, 0.15) is 5.52 Å². The molecule has 0 fully saturated rings. The summed E-state index contributed by atoms with van der Waals surface area (Å²) in [7, 11) is 0. The first-order valence-corrected chi connectivity index (χ1v) is 7.32. The first-order valence-electron chi connectivity index (χ1n) is 6.50. The molecule has 2 aromatic heterocycles. The largest absolute Gasteiger partial charge is 0.481 e. The van der Waals surface area contributed by atoms with Crippen molar-refractivity contribution in [1.82, 2.24) is 4.98 Å². The molecule has 5 nitrogen and oxygen atoms in total. The fourth-order valence-electron chi connectivity index (χ4n) is 2.10. The predicted molar refractivity (Wildman–Crippen MR) is 81.7 cm³/mol. The predicted octanol–water partition coefficient (Wildman–Crippen LogP) is 3.44. The van der Waals surface area contributed by atoms with Crippen molar-refractivity contribution < 1.29 is 14.3 Å². The average molecular weight is 302 g/mol. The molecule has 108 valence electrons. The van der Waals surface area contributed by atoms with E-state index in [2.05, 4.69) is 10.3 Å². The molecule has 0 saturated carbocycles. The maximum Gasteiger partial charge on any atom is 0.308 e. The molecule has 3 rings (SSSR count). The number of nitrogens with zero attached hydrogens (tertiary/aromatic N) is 1. The van der Waals surface area contributed by atoms with Crippen molar-refractivity contribution in [3.63, 3.8) is 0 Å². The summed E-state index contributed by atoms with van der Waals surface area (Å²) in [5.41, 5.74) is 2.57. The molecule has 0 atom stereocenters. The number of nitrogens with one attached hydrogen (secondary N) is 1. The van der Waals surface area contributed by atoms with E-state index in [1.165, 1.54) is 11.3 Å². The minimum atomic E-state index is -0.803. The van der Waals surface area contributed by atoms with Crippen LogP contribution in [0.15, 0.2) is 34.7 Å². The lowest BCUT2D eigenvalue weighted by atomic mass is 10.3. The number of hydrogen-bond donors (Lipinski definition) is 2. The van der Waals surface area contributed by atoms with Gasteiger partial charge in [-0.3, -0.25) is 4.79 Å². The number of thiophene rings is 1. The van der Waals surface area contributed by atoms with E-state index in [4.69, 9.17) is 9.52 Å². The molecule has 1 aromatic carbocycles. The Labute approximate surface area is 125 Å². The molecule has 0 saturated heterocycles. The minimum absolute atomic E-state index is 0.0782. The Balaban J connectivity index is 1.68. The number of aromatic nitrogens is 1. The van der Waals surface area contributed by atoms with Crippen molar-refractivity contribution in [2.45, 2.75) is 19.9 Å². The maximum atomic E-state index is 10.7. The quantitative estimate of drug-likeness (QED) is 0.755. The van der Waals surface area contributed by atoms with Gasteiger partial charge in [0.05, 0.1) is 6.42 Å². The molecule has 2 N–H and O–H groups in total. The van der Waals surface area contributed by atoms with Crippen LogP contribution in [0.4, 0.5) is 5.69 Å². The van der Waals surface area contributed by atoms with Crippen LogP contribution in [0.3, 0.4) is 0 Å². The zero-order valence-corrected chi connectivity index (χ0v) is 12.2. The van der Waals surface area contributed by atoms with Crippen LogP contribution in [0.5, 0.6) is 0 Å². The highest BCUT2D eigenvalue weighted by Crippen LogP contribution is 2.22. The monoisotopic (exact) mass is 302 g/mol. The van der Waals surface area contributed by atoms with Crippen LogP contribution < -0.4 is 5.32 Å². The highest BCUT2D eigenvalue weighted by atomic mass is 32.1. The number of carbonyl (C=O) groups is 1. The van der Waals surface area contributed by atoms with Crippen LogP contribution in [-0.4, -0.2) is 16.1 Å². The van der Waals surface area contributed by atoms with E-state index in [1.807, 2.05) is 37.3 Å². The number of oxazole rings is 1. The van der Waals surface area contributed by atoms with Gasteiger partial charge in [0.15, 0.2) is 11.5 Å². The Bertz CT molecular complexity index is 791. The molecule has 6 heteroatoms. The lowest BCUT2D eigenvalue weighted by molar-refractivity contribution is -0.136. The molecular formula is C15H14N2O3S. The van der Waals surface area contributed by atoms with Crippen molar-refractivity contribution >= 4 is 34.1 Å². The van der Waals surface area contributed by atoms with Crippen LogP contribution in [0.25, 0.3) is 11.1 Å². The molecular weight excluding hydrogens is 288 g/mol. The Hall–Kier alpha value is -2.34. The van der Waals surface area contributed by atoms with E-state index in [1.54, 1.807) is 0 Å². The number of benzene rings is 1. The molecule has 2 heterocycles. The fraction of sp³-hybridized carbons (Fsp3) is 0.200. The first kappa shape index (κ1) is 13.6. The number of carboxylic acid groups (broad SMARTS) is 1. The first-order chi connectivity index (χ1) is 10.1. The average Bonchev–Trinajstić information content (AvgIpc) is 3.00.